The van der Waals surface area contributed by atoms with E-state index in [-0.39, 0.29) is 6.04 Å². The third-order valence-corrected chi connectivity index (χ3v) is 3.27. The number of fused-ring (bicyclic) bond motifs is 1. The van der Waals surface area contributed by atoms with E-state index in [4.69, 9.17) is 15.6 Å². The molecule has 1 aliphatic heterocycles. The molecule has 0 spiro atoms. The zero-order valence-electron chi connectivity index (χ0n) is 10.1. The smallest absolute Gasteiger partial charge is 0.102 e. The fourth-order valence-corrected chi connectivity index (χ4v) is 2.35. The summed E-state index contributed by atoms with van der Waals surface area (Å²) in [6.45, 7) is 1.25. The summed E-state index contributed by atoms with van der Waals surface area (Å²) < 4.78 is 0. The predicted molar refractivity (Wildman–Crippen MR) is 68.7 cm³/mol. The fraction of sp³-hybridized carbons (Fsp3) is 0.385. The summed E-state index contributed by atoms with van der Waals surface area (Å²) in [6, 6.07) is 6.68. The van der Waals surface area contributed by atoms with E-state index in [0.717, 1.165) is 18.4 Å². The number of nitrogens with two attached hydrogens (primary N) is 1. The van der Waals surface area contributed by atoms with Gasteiger partial charge in [-0.1, -0.05) is 6.07 Å². The van der Waals surface area contributed by atoms with E-state index in [1.54, 1.807) is 0 Å². The lowest BCUT2D eigenvalue weighted by molar-refractivity contribution is -0.285. The van der Waals surface area contributed by atoms with Crippen LogP contribution in [-0.4, -0.2) is 24.2 Å². The van der Waals surface area contributed by atoms with Crippen LogP contribution in [0.25, 0.3) is 10.9 Å². The third kappa shape index (κ3) is 2.26. The molecule has 1 aromatic carbocycles. The maximum Gasteiger partial charge on any atom is 0.102 e. The molecule has 2 aromatic rings. The van der Waals surface area contributed by atoms with Crippen LogP contribution in [0, 0.1) is 0 Å². The molecule has 0 amide bonds. The number of hydrogen-bond acceptors (Lipinski definition) is 4. The summed E-state index contributed by atoms with van der Waals surface area (Å²) in [5.74, 6) is 0. The Morgan fingerprint density at radius 2 is 2.33 bits per heavy atom. The van der Waals surface area contributed by atoms with Gasteiger partial charge in [-0.15, -0.1) is 4.99 Å². The first kappa shape index (κ1) is 11.7. The minimum absolute atomic E-state index is 0.222. The number of benzene rings is 1. The molecule has 0 radical (unpaired) electrons. The molecule has 0 unspecified atom stereocenters. The van der Waals surface area contributed by atoms with Crippen molar-refractivity contribution in [3.05, 3.63) is 35.5 Å². The Bertz CT molecular complexity index is 532. The second-order valence-corrected chi connectivity index (χ2v) is 4.62. The van der Waals surface area contributed by atoms with Crippen LogP contribution >= 0.6 is 0 Å². The van der Waals surface area contributed by atoms with Gasteiger partial charge >= 0.3 is 0 Å². The zero-order chi connectivity index (χ0) is 12.4. The first-order valence-corrected chi connectivity index (χ1v) is 6.20. The van der Waals surface area contributed by atoms with Crippen molar-refractivity contribution in [1.29, 1.82) is 0 Å². The molecule has 1 atom stereocenters. The Labute approximate surface area is 105 Å². The number of aromatic amines is 1. The Morgan fingerprint density at radius 3 is 3.11 bits per heavy atom. The van der Waals surface area contributed by atoms with Crippen LogP contribution in [0.15, 0.2) is 24.4 Å². The molecule has 0 bridgehead atoms. The first-order valence-electron chi connectivity index (χ1n) is 6.20. The summed E-state index contributed by atoms with van der Waals surface area (Å²) in [6.07, 6.45) is 3.84. The van der Waals surface area contributed by atoms with Crippen LogP contribution < -0.4 is 11.2 Å². The lowest BCUT2D eigenvalue weighted by Gasteiger charge is -2.06. The van der Waals surface area contributed by atoms with Crippen LogP contribution in [0.1, 0.15) is 11.1 Å². The van der Waals surface area contributed by atoms with E-state index < -0.39 is 0 Å². The average Bonchev–Trinajstić information content (AvgIpc) is 3.00. The standard InChI is InChI=1S/C13H17N3O2/c14-4-3-10-7-15-13-2-1-9(6-12(10)13)5-11-8-17-18-16-11/h1-2,6-7,11,15-16H,3-5,8,14H2/t11-/m1/s1. The van der Waals surface area contributed by atoms with Gasteiger partial charge in [0.1, 0.15) is 6.61 Å². The Morgan fingerprint density at radius 1 is 1.39 bits per heavy atom. The van der Waals surface area contributed by atoms with Crippen molar-refractivity contribution < 1.29 is 9.88 Å². The lowest BCUT2D eigenvalue weighted by Crippen LogP contribution is -2.25. The van der Waals surface area contributed by atoms with E-state index in [1.165, 1.54) is 16.5 Å². The monoisotopic (exact) mass is 247 g/mol. The van der Waals surface area contributed by atoms with Gasteiger partial charge in [-0.05, 0) is 42.6 Å². The highest BCUT2D eigenvalue weighted by molar-refractivity contribution is 5.83. The molecular formula is C13H17N3O2. The van der Waals surface area contributed by atoms with E-state index in [9.17, 15) is 0 Å². The summed E-state index contributed by atoms with van der Waals surface area (Å²) in [5.41, 5.74) is 12.2. The second-order valence-electron chi connectivity index (χ2n) is 4.62. The highest BCUT2D eigenvalue weighted by atomic mass is 17.3. The molecule has 96 valence electrons. The number of rotatable bonds is 4. The Kier molecular flexibility index (Phi) is 3.29. The van der Waals surface area contributed by atoms with Crippen LogP contribution in [0.5, 0.6) is 0 Å². The van der Waals surface area contributed by atoms with Crippen molar-refractivity contribution in [2.45, 2.75) is 18.9 Å². The summed E-state index contributed by atoms with van der Waals surface area (Å²) in [7, 11) is 0. The largest absolute Gasteiger partial charge is 0.361 e. The van der Waals surface area contributed by atoms with Crippen molar-refractivity contribution in [2.75, 3.05) is 13.2 Å². The van der Waals surface area contributed by atoms with E-state index >= 15 is 0 Å². The molecule has 5 heteroatoms. The van der Waals surface area contributed by atoms with Crippen LogP contribution in [-0.2, 0) is 22.7 Å². The Balaban J connectivity index is 1.86. The fourth-order valence-electron chi connectivity index (χ4n) is 2.35. The molecule has 0 aliphatic carbocycles. The summed E-state index contributed by atoms with van der Waals surface area (Å²) in [5, 5.41) is 1.26. The minimum Gasteiger partial charge on any atom is -0.361 e. The van der Waals surface area contributed by atoms with Gasteiger partial charge in [0, 0.05) is 17.1 Å². The van der Waals surface area contributed by atoms with Crippen molar-refractivity contribution in [3.63, 3.8) is 0 Å². The lowest BCUT2D eigenvalue weighted by atomic mass is 10.0. The quantitative estimate of drug-likeness (QED) is 0.706. The number of hydroxylamine groups is 1. The molecule has 18 heavy (non-hydrogen) atoms. The average molecular weight is 247 g/mol. The summed E-state index contributed by atoms with van der Waals surface area (Å²) >= 11 is 0. The first-order chi connectivity index (χ1) is 8.86. The van der Waals surface area contributed by atoms with Crippen LogP contribution in [0.4, 0.5) is 0 Å². The number of hydrogen-bond donors (Lipinski definition) is 3. The van der Waals surface area contributed by atoms with Crippen molar-refractivity contribution in [1.82, 2.24) is 10.5 Å². The van der Waals surface area contributed by atoms with Crippen LogP contribution in [0.3, 0.4) is 0 Å². The normalized spacial score (nSPS) is 19.7. The number of nitrogens with one attached hydrogen (secondary N) is 2. The van der Waals surface area contributed by atoms with E-state index in [1.807, 2.05) is 6.20 Å². The topological polar surface area (TPSA) is 72.3 Å². The van der Waals surface area contributed by atoms with Gasteiger partial charge in [-0.25, -0.2) is 4.89 Å². The van der Waals surface area contributed by atoms with Crippen LogP contribution in [0.2, 0.25) is 0 Å². The molecule has 1 fully saturated rings. The zero-order valence-corrected chi connectivity index (χ0v) is 10.1. The van der Waals surface area contributed by atoms with Gasteiger partial charge in [0.2, 0.25) is 0 Å². The van der Waals surface area contributed by atoms with Gasteiger partial charge in [-0.3, -0.25) is 0 Å². The summed E-state index contributed by atoms with van der Waals surface area (Å²) in [4.78, 5) is 12.8. The van der Waals surface area contributed by atoms with Crippen molar-refractivity contribution >= 4 is 10.9 Å². The molecular weight excluding hydrogens is 230 g/mol. The highest BCUT2D eigenvalue weighted by Gasteiger charge is 2.17. The molecule has 1 aromatic heterocycles. The van der Waals surface area contributed by atoms with Gasteiger partial charge in [0.05, 0.1) is 6.04 Å². The van der Waals surface area contributed by atoms with Crippen molar-refractivity contribution in [2.24, 2.45) is 5.73 Å². The second kappa shape index (κ2) is 5.07. The molecule has 1 saturated heterocycles. The Hall–Kier alpha value is -1.40. The number of aromatic nitrogens is 1. The third-order valence-electron chi connectivity index (χ3n) is 3.27. The van der Waals surface area contributed by atoms with E-state index in [0.29, 0.717) is 13.2 Å². The maximum absolute atomic E-state index is 5.62. The molecule has 2 heterocycles. The predicted octanol–water partition coefficient (Wildman–Crippen LogP) is 1.05. The highest BCUT2D eigenvalue weighted by Crippen LogP contribution is 2.21. The van der Waals surface area contributed by atoms with Gasteiger partial charge in [0.15, 0.2) is 0 Å². The molecule has 4 N–H and O–H groups in total. The van der Waals surface area contributed by atoms with Gasteiger partial charge in [-0.2, -0.15) is 5.48 Å². The number of H-pyrrole nitrogens is 1. The van der Waals surface area contributed by atoms with Crippen molar-refractivity contribution in [3.8, 4) is 0 Å². The minimum atomic E-state index is 0.222. The molecule has 5 nitrogen and oxygen atoms in total. The molecule has 1 aliphatic rings. The SMILES string of the molecule is NCCc1c[nH]c2ccc(C[C@@H]3COON3)cc12. The molecule has 3 rings (SSSR count). The maximum atomic E-state index is 5.62. The van der Waals surface area contributed by atoms with E-state index in [2.05, 4.69) is 28.7 Å². The van der Waals surface area contributed by atoms with Gasteiger partial charge < -0.3 is 10.7 Å². The van der Waals surface area contributed by atoms with Gasteiger partial charge in [0.25, 0.3) is 0 Å². The molecule has 0 saturated carbocycles.